The quantitative estimate of drug-likeness (QED) is 0.507. The van der Waals surface area contributed by atoms with E-state index in [0.29, 0.717) is 23.2 Å². The van der Waals surface area contributed by atoms with Gasteiger partial charge in [0.1, 0.15) is 0 Å². The fourth-order valence-electron chi connectivity index (χ4n) is 3.17. The summed E-state index contributed by atoms with van der Waals surface area (Å²) in [5.74, 6) is 0.458. The van der Waals surface area contributed by atoms with E-state index < -0.39 is 0 Å². The molecule has 3 aromatic rings. The second-order valence-electron chi connectivity index (χ2n) is 7.99. The van der Waals surface area contributed by atoms with Crippen molar-refractivity contribution in [1.29, 1.82) is 0 Å². The Morgan fingerprint density at radius 1 is 1.16 bits per heavy atom. The van der Waals surface area contributed by atoms with Gasteiger partial charge in [0.2, 0.25) is 5.91 Å². The topological polar surface area (TPSA) is 76.0 Å². The van der Waals surface area contributed by atoms with Crippen LogP contribution in [-0.2, 0) is 4.79 Å². The minimum Gasteiger partial charge on any atom is -0.349 e. The highest BCUT2D eigenvalue weighted by atomic mass is 32.2. The standard InChI is InChI=1S/C24H26N4O2S/c1-16(2)17-6-10-21(11-7-17)28-13-12-25-24(28)31-15-22(29)26-20-5-3-4-18(14-20)23(30)27-19-8-9-19/h3-7,10-14,16,19H,8-9,15H2,1-2H3,(H,26,29)(H,27,30). The van der Waals surface area contributed by atoms with Crippen molar-refractivity contribution in [3.05, 3.63) is 72.1 Å². The van der Waals surface area contributed by atoms with Gasteiger partial charge in [-0.15, -0.1) is 0 Å². The molecule has 6 nitrogen and oxygen atoms in total. The molecule has 0 unspecified atom stereocenters. The summed E-state index contributed by atoms with van der Waals surface area (Å²) in [6.07, 6.45) is 5.71. The number of aromatic nitrogens is 2. The van der Waals surface area contributed by atoms with Gasteiger partial charge in [-0.1, -0.05) is 43.8 Å². The van der Waals surface area contributed by atoms with Crippen LogP contribution in [0.2, 0.25) is 0 Å². The second kappa shape index (κ2) is 9.39. The maximum Gasteiger partial charge on any atom is 0.251 e. The van der Waals surface area contributed by atoms with Gasteiger partial charge in [-0.05, 0) is 54.7 Å². The molecule has 0 aliphatic heterocycles. The maximum atomic E-state index is 12.5. The molecule has 160 valence electrons. The summed E-state index contributed by atoms with van der Waals surface area (Å²) < 4.78 is 1.98. The van der Waals surface area contributed by atoms with Crippen LogP contribution in [0.1, 0.15) is 48.5 Å². The van der Waals surface area contributed by atoms with Gasteiger partial charge in [0.25, 0.3) is 5.91 Å². The van der Waals surface area contributed by atoms with Gasteiger partial charge in [0, 0.05) is 35.4 Å². The lowest BCUT2D eigenvalue weighted by Gasteiger charge is -2.10. The van der Waals surface area contributed by atoms with Crippen LogP contribution < -0.4 is 10.6 Å². The van der Waals surface area contributed by atoms with Gasteiger partial charge in [-0.3, -0.25) is 14.2 Å². The number of nitrogens with zero attached hydrogens (tertiary/aromatic N) is 2. The third kappa shape index (κ3) is 5.55. The monoisotopic (exact) mass is 434 g/mol. The van der Waals surface area contributed by atoms with E-state index in [1.807, 2.05) is 10.8 Å². The van der Waals surface area contributed by atoms with E-state index in [9.17, 15) is 9.59 Å². The molecule has 1 fully saturated rings. The molecule has 0 radical (unpaired) electrons. The largest absolute Gasteiger partial charge is 0.349 e. The molecule has 1 aromatic heterocycles. The van der Waals surface area contributed by atoms with E-state index in [2.05, 4.69) is 53.7 Å². The molecule has 2 N–H and O–H groups in total. The lowest BCUT2D eigenvalue weighted by molar-refractivity contribution is -0.113. The fourth-order valence-corrected chi connectivity index (χ4v) is 3.95. The zero-order valence-electron chi connectivity index (χ0n) is 17.7. The number of imidazole rings is 1. The van der Waals surface area contributed by atoms with Crippen molar-refractivity contribution in [2.24, 2.45) is 0 Å². The minimum absolute atomic E-state index is 0.0986. The Hall–Kier alpha value is -3.06. The molecule has 2 aromatic carbocycles. The summed E-state index contributed by atoms with van der Waals surface area (Å²) in [6, 6.07) is 15.7. The average molecular weight is 435 g/mol. The molecule has 4 rings (SSSR count). The Labute approximate surface area is 186 Å². The SMILES string of the molecule is CC(C)c1ccc(-n2ccnc2SCC(=O)Nc2cccc(C(=O)NC3CC3)c2)cc1. The maximum absolute atomic E-state index is 12.5. The van der Waals surface area contributed by atoms with E-state index in [1.165, 1.54) is 17.3 Å². The van der Waals surface area contributed by atoms with Crippen molar-refractivity contribution in [2.75, 3.05) is 11.1 Å². The van der Waals surface area contributed by atoms with Crippen LogP contribution in [0, 0.1) is 0 Å². The van der Waals surface area contributed by atoms with E-state index in [4.69, 9.17) is 0 Å². The highest BCUT2D eigenvalue weighted by molar-refractivity contribution is 7.99. The summed E-state index contributed by atoms with van der Waals surface area (Å²) in [6.45, 7) is 4.34. The predicted octanol–water partition coefficient (Wildman–Crippen LogP) is 4.62. The Bertz CT molecular complexity index is 1070. The molecule has 31 heavy (non-hydrogen) atoms. The third-order valence-corrected chi connectivity index (χ3v) is 6.07. The highest BCUT2D eigenvalue weighted by Crippen LogP contribution is 2.23. The van der Waals surface area contributed by atoms with Crippen molar-refractivity contribution in [3.8, 4) is 5.69 Å². The molecule has 2 amide bonds. The molecule has 0 atom stereocenters. The highest BCUT2D eigenvalue weighted by Gasteiger charge is 2.23. The number of hydrogen-bond donors (Lipinski definition) is 2. The molecule has 1 heterocycles. The van der Waals surface area contributed by atoms with Crippen molar-refractivity contribution in [1.82, 2.24) is 14.9 Å². The van der Waals surface area contributed by atoms with Gasteiger partial charge in [-0.25, -0.2) is 4.98 Å². The lowest BCUT2D eigenvalue weighted by atomic mass is 10.0. The summed E-state index contributed by atoms with van der Waals surface area (Å²) in [5.41, 5.74) is 3.46. The van der Waals surface area contributed by atoms with Crippen LogP contribution in [0.25, 0.3) is 5.69 Å². The summed E-state index contributed by atoms with van der Waals surface area (Å²) >= 11 is 1.37. The lowest BCUT2D eigenvalue weighted by Crippen LogP contribution is -2.25. The van der Waals surface area contributed by atoms with Crippen LogP contribution in [0.3, 0.4) is 0 Å². The van der Waals surface area contributed by atoms with Gasteiger partial charge < -0.3 is 10.6 Å². The molecule has 0 bridgehead atoms. The molecule has 7 heteroatoms. The Morgan fingerprint density at radius 2 is 1.94 bits per heavy atom. The van der Waals surface area contributed by atoms with E-state index in [-0.39, 0.29) is 17.6 Å². The van der Waals surface area contributed by atoms with Crippen molar-refractivity contribution >= 4 is 29.3 Å². The Morgan fingerprint density at radius 3 is 2.65 bits per heavy atom. The second-order valence-corrected chi connectivity index (χ2v) is 8.93. The summed E-state index contributed by atoms with van der Waals surface area (Å²) in [7, 11) is 0. The molecular weight excluding hydrogens is 408 g/mol. The zero-order chi connectivity index (χ0) is 21.8. The Kier molecular flexibility index (Phi) is 6.42. The number of carbonyl (C=O) groups excluding carboxylic acids is 2. The summed E-state index contributed by atoms with van der Waals surface area (Å²) in [4.78, 5) is 29.1. The minimum atomic E-state index is -0.144. The molecule has 1 saturated carbocycles. The summed E-state index contributed by atoms with van der Waals surface area (Å²) in [5, 5.41) is 6.58. The number of amides is 2. The first-order chi connectivity index (χ1) is 15.0. The van der Waals surface area contributed by atoms with Gasteiger partial charge in [0.05, 0.1) is 5.75 Å². The number of anilines is 1. The molecular formula is C24H26N4O2S. The zero-order valence-corrected chi connectivity index (χ0v) is 18.5. The number of carbonyl (C=O) groups is 2. The van der Waals surface area contributed by atoms with Crippen molar-refractivity contribution in [2.45, 2.75) is 43.8 Å². The number of hydrogen-bond acceptors (Lipinski definition) is 4. The first-order valence-electron chi connectivity index (χ1n) is 10.5. The van der Waals surface area contributed by atoms with Gasteiger partial charge >= 0.3 is 0 Å². The molecule has 0 saturated heterocycles. The van der Waals surface area contributed by atoms with Crippen LogP contribution >= 0.6 is 11.8 Å². The van der Waals surface area contributed by atoms with Crippen molar-refractivity contribution in [3.63, 3.8) is 0 Å². The van der Waals surface area contributed by atoms with Crippen LogP contribution in [-0.4, -0.2) is 33.2 Å². The van der Waals surface area contributed by atoms with Gasteiger partial charge in [0.15, 0.2) is 5.16 Å². The van der Waals surface area contributed by atoms with Crippen LogP contribution in [0.5, 0.6) is 0 Å². The van der Waals surface area contributed by atoms with Crippen LogP contribution in [0.15, 0.2) is 66.1 Å². The number of nitrogens with one attached hydrogen (secondary N) is 2. The number of rotatable bonds is 8. The smallest absolute Gasteiger partial charge is 0.251 e. The van der Waals surface area contributed by atoms with E-state index in [0.717, 1.165) is 23.7 Å². The van der Waals surface area contributed by atoms with Crippen molar-refractivity contribution < 1.29 is 9.59 Å². The van der Waals surface area contributed by atoms with E-state index in [1.54, 1.807) is 30.5 Å². The fraction of sp³-hybridized carbons (Fsp3) is 0.292. The van der Waals surface area contributed by atoms with E-state index >= 15 is 0 Å². The van der Waals surface area contributed by atoms with Crippen LogP contribution in [0.4, 0.5) is 5.69 Å². The predicted molar refractivity (Wildman–Crippen MR) is 124 cm³/mol. The first kappa shape index (κ1) is 21.2. The molecule has 1 aliphatic carbocycles. The number of thioether (sulfide) groups is 1. The molecule has 0 spiro atoms. The first-order valence-corrected chi connectivity index (χ1v) is 11.5. The van der Waals surface area contributed by atoms with Gasteiger partial charge in [-0.2, -0.15) is 0 Å². The number of benzene rings is 2. The average Bonchev–Trinajstić information content (AvgIpc) is 3.45. The third-order valence-electron chi connectivity index (χ3n) is 5.10. The molecule has 1 aliphatic rings. The Balaban J connectivity index is 1.35. The normalized spacial score (nSPS) is 13.3.